The number of nitrogens with zero attached hydrogens (tertiary/aromatic N) is 1. The summed E-state index contributed by atoms with van der Waals surface area (Å²) >= 11 is 0. The molecule has 0 fully saturated rings. The SMILES string of the molecule is Cc1cccc(=O)n1CC(O)c1cccc(C(F)(F)F)c1. The molecule has 0 bridgehead atoms. The molecule has 1 N–H and O–H groups in total. The number of hydrogen-bond acceptors (Lipinski definition) is 2. The van der Waals surface area contributed by atoms with Crippen LogP contribution in [0.25, 0.3) is 0 Å². The molecule has 21 heavy (non-hydrogen) atoms. The maximum absolute atomic E-state index is 12.6. The van der Waals surface area contributed by atoms with Crippen LogP contribution in [0.5, 0.6) is 0 Å². The van der Waals surface area contributed by atoms with Crippen LogP contribution in [-0.4, -0.2) is 9.67 Å². The van der Waals surface area contributed by atoms with Crippen molar-refractivity contribution >= 4 is 0 Å². The molecule has 3 nitrogen and oxygen atoms in total. The minimum absolute atomic E-state index is 0.0905. The van der Waals surface area contributed by atoms with Crippen LogP contribution in [0.2, 0.25) is 0 Å². The smallest absolute Gasteiger partial charge is 0.387 e. The second-order valence-corrected chi connectivity index (χ2v) is 4.76. The lowest BCUT2D eigenvalue weighted by atomic mass is 10.1. The second kappa shape index (κ2) is 5.73. The molecule has 1 unspecified atom stereocenters. The normalized spacial score (nSPS) is 13.2. The van der Waals surface area contributed by atoms with Crippen molar-refractivity contribution in [3.8, 4) is 0 Å². The number of pyridine rings is 1. The molecular weight excluding hydrogens is 283 g/mol. The lowest BCUT2D eigenvalue weighted by Crippen LogP contribution is -2.24. The lowest BCUT2D eigenvalue weighted by molar-refractivity contribution is -0.137. The third kappa shape index (κ3) is 3.52. The quantitative estimate of drug-likeness (QED) is 0.946. The second-order valence-electron chi connectivity index (χ2n) is 4.76. The van der Waals surface area contributed by atoms with Crippen LogP contribution in [0, 0.1) is 6.92 Å². The van der Waals surface area contributed by atoms with E-state index in [1.54, 1.807) is 19.1 Å². The molecule has 2 aromatic rings. The summed E-state index contributed by atoms with van der Waals surface area (Å²) in [5.41, 5.74) is -0.370. The number of hydrogen-bond donors (Lipinski definition) is 1. The fourth-order valence-corrected chi connectivity index (χ4v) is 2.06. The molecule has 1 atom stereocenters. The van der Waals surface area contributed by atoms with Gasteiger partial charge in [-0.3, -0.25) is 4.79 Å². The van der Waals surface area contributed by atoms with Gasteiger partial charge in [0.25, 0.3) is 5.56 Å². The van der Waals surface area contributed by atoms with E-state index in [9.17, 15) is 23.1 Å². The monoisotopic (exact) mass is 297 g/mol. The average molecular weight is 297 g/mol. The Bertz CT molecular complexity index is 692. The summed E-state index contributed by atoms with van der Waals surface area (Å²) in [6, 6.07) is 9.10. The Morgan fingerprint density at radius 3 is 2.48 bits per heavy atom. The third-order valence-corrected chi connectivity index (χ3v) is 3.22. The van der Waals surface area contributed by atoms with E-state index in [0.717, 1.165) is 12.1 Å². The number of aromatic nitrogens is 1. The van der Waals surface area contributed by atoms with Gasteiger partial charge >= 0.3 is 6.18 Å². The van der Waals surface area contributed by atoms with E-state index in [2.05, 4.69) is 0 Å². The Hall–Kier alpha value is -2.08. The van der Waals surface area contributed by atoms with Gasteiger partial charge in [-0.25, -0.2) is 0 Å². The number of halogens is 3. The Kier molecular flexibility index (Phi) is 4.18. The Morgan fingerprint density at radius 2 is 1.86 bits per heavy atom. The van der Waals surface area contributed by atoms with E-state index in [0.29, 0.717) is 5.69 Å². The molecule has 1 aromatic carbocycles. The van der Waals surface area contributed by atoms with Gasteiger partial charge < -0.3 is 9.67 Å². The standard InChI is InChI=1S/C15H14F3NO2/c1-10-4-2-7-14(21)19(10)9-13(20)11-5-3-6-12(8-11)15(16,17)18/h2-8,13,20H,9H2,1H3. The van der Waals surface area contributed by atoms with Crippen molar-refractivity contribution < 1.29 is 18.3 Å². The van der Waals surface area contributed by atoms with Gasteiger partial charge in [-0.15, -0.1) is 0 Å². The van der Waals surface area contributed by atoms with E-state index < -0.39 is 17.8 Å². The van der Waals surface area contributed by atoms with Gasteiger partial charge in [-0.2, -0.15) is 13.2 Å². The number of rotatable bonds is 3. The summed E-state index contributed by atoms with van der Waals surface area (Å²) in [6.07, 6.45) is -5.65. The zero-order valence-electron chi connectivity index (χ0n) is 11.3. The summed E-state index contributed by atoms with van der Waals surface area (Å²) in [7, 11) is 0. The molecule has 0 spiro atoms. The van der Waals surface area contributed by atoms with Crippen LogP contribution in [0.15, 0.2) is 47.3 Å². The van der Waals surface area contributed by atoms with Gasteiger partial charge in [0.05, 0.1) is 18.2 Å². The highest BCUT2D eigenvalue weighted by Gasteiger charge is 2.30. The van der Waals surface area contributed by atoms with Gasteiger partial charge in [0, 0.05) is 11.8 Å². The average Bonchev–Trinajstić information content (AvgIpc) is 2.42. The van der Waals surface area contributed by atoms with Crippen molar-refractivity contribution in [3.63, 3.8) is 0 Å². The van der Waals surface area contributed by atoms with Gasteiger partial charge in [-0.1, -0.05) is 18.2 Å². The number of alkyl halides is 3. The van der Waals surface area contributed by atoms with E-state index in [-0.39, 0.29) is 17.7 Å². The fourth-order valence-electron chi connectivity index (χ4n) is 2.06. The van der Waals surface area contributed by atoms with Crippen molar-refractivity contribution in [3.05, 3.63) is 69.6 Å². The molecule has 0 saturated carbocycles. The fraction of sp³-hybridized carbons (Fsp3) is 0.267. The van der Waals surface area contributed by atoms with Crippen LogP contribution < -0.4 is 5.56 Å². The molecule has 0 radical (unpaired) electrons. The van der Waals surface area contributed by atoms with Crippen LogP contribution in [0.4, 0.5) is 13.2 Å². The van der Waals surface area contributed by atoms with Crippen molar-refractivity contribution in [2.45, 2.75) is 25.7 Å². The Labute approximate surface area is 119 Å². The van der Waals surface area contributed by atoms with Crippen molar-refractivity contribution in [2.24, 2.45) is 0 Å². The van der Waals surface area contributed by atoms with E-state index >= 15 is 0 Å². The van der Waals surface area contributed by atoms with Crippen LogP contribution in [-0.2, 0) is 12.7 Å². The summed E-state index contributed by atoms with van der Waals surface area (Å²) in [5.74, 6) is 0. The maximum atomic E-state index is 12.6. The van der Waals surface area contributed by atoms with Crippen molar-refractivity contribution in [1.82, 2.24) is 4.57 Å². The van der Waals surface area contributed by atoms with Gasteiger partial charge in [-0.05, 0) is 30.7 Å². The van der Waals surface area contributed by atoms with Gasteiger partial charge in [0.1, 0.15) is 0 Å². The summed E-state index contributed by atoms with van der Waals surface area (Å²) in [6.45, 7) is 1.60. The largest absolute Gasteiger partial charge is 0.416 e. The Balaban J connectivity index is 2.29. The van der Waals surface area contributed by atoms with Crippen molar-refractivity contribution in [1.29, 1.82) is 0 Å². The third-order valence-electron chi connectivity index (χ3n) is 3.22. The molecule has 6 heteroatoms. The lowest BCUT2D eigenvalue weighted by Gasteiger charge is -2.16. The Morgan fingerprint density at radius 1 is 1.19 bits per heavy atom. The van der Waals surface area contributed by atoms with Gasteiger partial charge in [0.2, 0.25) is 0 Å². The van der Waals surface area contributed by atoms with E-state index in [1.165, 1.54) is 22.8 Å². The molecule has 0 saturated heterocycles. The number of aryl methyl sites for hydroxylation is 1. The minimum atomic E-state index is -4.46. The predicted molar refractivity (Wildman–Crippen MR) is 71.8 cm³/mol. The first-order valence-corrected chi connectivity index (χ1v) is 6.31. The molecule has 1 aromatic heterocycles. The zero-order valence-corrected chi connectivity index (χ0v) is 11.3. The molecule has 0 aliphatic carbocycles. The van der Waals surface area contributed by atoms with E-state index in [1.807, 2.05) is 0 Å². The van der Waals surface area contributed by atoms with Gasteiger partial charge in [0.15, 0.2) is 0 Å². The van der Waals surface area contributed by atoms with Crippen LogP contribution >= 0.6 is 0 Å². The molecule has 0 aliphatic rings. The maximum Gasteiger partial charge on any atom is 0.416 e. The summed E-state index contributed by atoms with van der Waals surface area (Å²) in [5, 5.41) is 10.1. The molecule has 1 heterocycles. The first kappa shape index (κ1) is 15.3. The first-order valence-electron chi connectivity index (χ1n) is 6.31. The minimum Gasteiger partial charge on any atom is -0.387 e. The highest BCUT2D eigenvalue weighted by molar-refractivity contribution is 5.27. The summed E-state index contributed by atoms with van der Waals surface area (Å²) in [4.78, 5) is 11.7. The molecule has 2 rings (SSSR count). The van der Waals surface area contributed by atoms with E-state index in [4.69, 9.17) is 0 Å². The summed E-state index contributed by atoms with van der Waals surface area (Å²) < 4.78 is 39.3. The number of benzene rings is 1. The topological polar surface area (TPSA) is 42.2 Å². The molecule has 112 valence electrons. The first-order chi connectivity index (χ1) is 9.79. The molecular formula is C15H14F3NO2. The zero-order chi connectivity index (χ0) is 15.6. The predicted octanol–water partition coefficient (Wildman–Crippen LogP) is 2.91. The molecule has 0 aliphatic heterocycles. The highest BCUT2D eigenvalue weighted by Crippen LogP contribution is 2.30. The van der Waals surface area contributed by atoms with Crippen LogP contribution in [0.3, 0.4) is 0 Å². The number of aliphatic hydroxyl groups is 1. The highest BCUT2D eigenvalue weighted by atomic mass is 19.4. The van der Waals surface area contributed by atoms with Crippen LogP contribution in [0.1, 0.15) is 22.9 Å². The molecule has 0 amide bonds. The number of aliphatic hydroxyl groups excluding tert-OH is 1. The van der Waals surface area contributed by atoms with Crippen molar-refractivity contribution in [2.75, 3.05) is 0 Å².